The fourth-order valence-electron chi connectivity index (χ4n) is 0.876. The molecule has 0 radical (unpaired) electrons. The zero-order valence-corrected chi connectivity index (χ0v) is 12.6. The summed E-state index contributed by atoms with van der Waals surface area (Å²) in [6.07, 6.45) is 3.32. The van der Waals surface area contributed by atoms with Crippen molar-refractivity contribution in [2.45, 2.75) is 53.1 Å². The number of ether oxygens (including phenoxy) is 1. The Labute approximate surface area is 95.4 Å². The fraction of sp³-hybridized carbons (Fsp3) is 0.909. The van der Waals surface area contributed by atoms with E-state index >= 15 is 0 Å². The SMILES string of the molecule is CCCCCOC(=O)[C](C)(C)[Sb]([CH3])[CH3]. The Bertz CT molecular complexity index is 176. The van der Waals surface area contributed by atoms with Crippen molar-refractivity contribution in [3.05, 3.63) is 0 Å². The molecule has 0 bridgehead atoms. The second-order valence-electron chi connectivity index (χ2n) is 4.30. The van der Waals surface area contributed by atoms with Gasteiger partial charge in [0.1, 0.15) is 0 Å². The summed E-state index contributed by atoms with van der Waals surface area (Å²) in [7, 11) is 0. The topological polar surface area (TPSA) is 26.3 Å². The Morgan fingerprint density at radius 2 is 1.86 bits per heavy atom. The number of carbonyl (C=O) groups is 1. The standard InChI is InChI=1S/C9H17O2.2CH3.Sb/c1-4-5-6-7-11-9(10)8(2)3;;;/h4-7H2,1-3H3;2*1H3;. The molecular weight excluding hydrogens is 286 g/mol. The van der Waals surface area contributed by atoms with Gasteiger partial charge in [0.05, 0.1) is 0 Å². The molecule has 0 aliphatic rings. The van der Waals surface area contributed by atoms with Gasteiger partial charge >= 0.3 is 95.5 Å². The average molecular weight is 309 g/mol. The van der Waals surface area contributed by atoms with Crippen LogP contribution in [-0.2, 0) is 9.53 Å². The van der Waals surface area contributed by atoms with Crippen molar-refractivity contribution in [3.63, 3.8) is 0 Å². The Hall–Kier alpha value is 0.288. The third-order valence-electron chi connectivity index (χ3n) is 2.60. The first-order valence-corrected chi connectivity index (χ1v) is 11.7. The monoisotopic (exact) mass is 308 g/mol. The summed E-state index contributed by atoms with van der Waals surface area (Å²) in [5, 5.41) is 0. The van der Waals surface area contributed by atoms with Crippen LogP contribution >= 0.6 is 0 Å². The van der Waals surface area contributed by atoms with Gasteiger partial charge in [-0.25, -0.2) is 0 Å². The number of unbranched alkanes of at least 4 members (excludes halogenated alkanes) is 2. The van der Waals surface area contributed by atoms with Crippen molar-refractivity contribution in [2.24, 2.45) is 0 Å². The van der Waals surface area contributed by atoms with Crippen LogP contribution in [0.15, 0.2) is 0 Å². The molecule has 0 spiro atoms. The van der Waals surface area contributed by atoms with E-state index in [-0.39, 0.29) is 9.33 Å². The van der Waals surface area contributed by atoms with Crippen molar-refractivity contribution in [3.8, 4) is 0 Å². The number of hydrogen-bond donors (Lipinski definition) is 0. The van der Waals surface area contributed by atoms with Crippen LogP contribution in [0.2, 0.25) is 13.1 Å². The third kappa shape index (κ3) is 4.68. The summed E-state index contributed by atoms with van der Waals surface area (Å²) in [4.78, 5) is 16.2. The van der Waals surface area contributed by atoms with Gasteiger partial charge in [0.15, 0.2) is 0 Å². The number of carbonyl (C=O) groups excluding carboxylic acids is 1. The van der Waals surface area contributed by atoms with Crippen LogP contribution in [0.3, 0.4) is 0 Å². The Balaban J connectivity index is 3.84. The van der Waals surface area contributed by atoms with Crippen molar-refractivity contribution < 1.29 is 9.53 Å². The molecular formula is C11H23O2Sb. The first-order valence-electron chi connectivity index (χ1n) is 5.27. The van der Waals surface area contributed by atoms with Crippen molar-refractivity contribution >= 4 is 26.2 Å². The Morgan fingerprint density at radius 3 is 2.29 bits per heavy atom. The molecule has 3 heteroatoms. The van der Waals surface area contributed by atoms with Gasteiger partial charge in [0.25, 0.3) is 0 Å². The molecule has 0 fully saturated rings. The summed E-state index contributed by atoms with van der Waals surface area (Å²) >= 11 is -1.38. The molecule has 0 N–H and O–H groups in total. The van der Waals surface area contributed by atoms with E-state index in [1.165, 1.54) is 6.42 Å². The second-order valence-corrected chi connectivity index (χ2v) is 12.6. The van der Waals surface area contributed by atoms with Crippen LogP contribution < -0.4 is 0 Å². The molecule has 0 atom stereocenters. The van der Waals surface area contributed by atoms with Gasteiger partial charge in [-0.15, -0.1) is 0 Å². The summed E-state index contributed by atoms with van der Waals surface area (Å²) < 4.78 is 5.11. The molecule has 0 amide bonds. The van der Waals surface area contributed by atoms with Crippen molar-refractivity contribution in [1.82, 2.24) is 0 Å². The molecule has 84 valence electrons. The van der Waals surface area contributed by atoms with Crippen LogP contribution in [0.25, 0.3) is 0 Å². The predicted octanol–water partition coefficient (Wildman–Crippen LogP) is 3.25. The van der Waals surface area contributed by atoms with Crippen molar-refractivity contribution in [1.29, 1.82) is 0 Å². The zero-order chi connectivity index (χ0) is 11.2. The normalized spacial score (nSPS) is 11.9. The molecule has 0 aliphatic heterocycles. The maximum atomic E-state index is 11.7. The average Bonchev–Trinajstić information content (AvgIpc) is 2.11. The number of rotatable bonds is 6. The fourth-order valence-corrected chi connectivity index (χ4v) is 2.10. The van der Waals surface area contributed by atoms with Crippen LogP contribution in [0.4, 0.5) is 0 Å². The van der Waals surface area contributed by atoms with Crippen LogP contribution in [0.5, 0.6) is 0 Å². The van der Waals surface area contributed by atoms with E-state index in [9.17, 15) is 4.79 Å². The van der Waals surface area contributed by atoms with Gasteiger partial charge in [-0.2, -0.15) is 0 Å². The molecule has 0 saturated carbocycles. The molecule has 2 nitrogen and oxygen atoms in total. The minimum absolute atomic E-state index is 0.0154. The minimum atomic E-state index is -1.38. The molecule has 0 heterocycles. The van der Waals surface area contributed by atoms with Gasteiger partial charge in [0.2, 0.25) is 0 Å². The van der Waals surface area contributed by atoms with E-state index in [1.54, 1.807) is 0 Å². The van der Waals surface area contributed by atoms with Gasteiger partial charge in [-0.1, -0.05) is 0 Å². The van der Waals surface area contributed by atoms with E-state index in [1.807, 2.05) is 13.8 Å². The zero-order valence-electron chi connectivity index (χ0n) is 10.1. The van der Waals surface area contributed by atoms with E-state index in [2.05, 4.69) is 16.7 Å². The quantitative estimate of drug-likeness (QED) is 0.428. The van der Waals surface area contributed by atoms with Gasteiger partial charge < -0.3 is 0 Å². The summed E-state index contributed by atoms with van der Waals surface area (Å²) in [6.45, 7) is 6.80. The first-order chi connectivity index (χ1) is 6.42. The first kappa shape index (κ1) is 14.3. The molecule has 0 rings (SSSR count). The van der Waals surface area contributed by atoms with Gasteiger partial charge in [-0.05, 0) is 0 Å². The number of esters is 1. The van der Waals surface area contributed by atoms with Crippen LogP contribution in [0.1, 0.15) is 40.0 Å². The third-order valence-corrected chi connectivity index (χ3v) is 9.50. The van der Waals surface area contributed by atoms with Crippen molar-refractivity contribution in [2.75, 3.05) is 6.61 Å². The molecule has 0 unspecified atom stereocenters. The van der Waals surface area contributed by atoms with Gasteiger partial charge in [0, 0.05) is 0 Å². The van der Waals surface area contributed by atoms with E-state index < -0.39 is 20.2 Å². The van der Waals surface area contributed by atoms with Crippen LogP contribution in [-0.4, -0.2) is 32.8 Å². The van der Waals surface area contributed by atoms with Crippen LogP contribution in [0, 0.1) is 0 Å². The molecule has 0 aromatic rings. The molecule has 0 aromatic carbocycles. The molecule has 0 aliphatic carbocycles. The van der Waals surface area contributed by atoms with E-state index in [0.717, 1.165) is 12.8 Å². The second kappa shape index (κ2) is 6.71. The summed E-state index contributed by atoms with van der Waals surface area (Å²) in [6, 6.07) is 0. The molecule has 0 saturated heterocycles. The summed E-state index contributed by atoms with van der Waals surface area (Å²) in [5.74, 6) is 0.0154. The molecule has 14 heavy (non-hydrogen) atoms. The Kier molecular flexibility index (Phi) is 6.85. The summed E-state index contributed by atoms with van der Waals surface area (Å²) in [5.41, 5.74) is 0. The maximum absolute atomic E-state index is 11.7. The van der Waals surface area contributed by atoms with Gasteiger partial charge in [-0.3, -0.25) is 0 Å². The number of hydrogen-bond acceptors (Lipinski definition) is 2. The van der Waals surface area contributed by atoms with E-state index in [4.69, 9.17) is 4.74 Å². The Morgan fingerprint density at radius 1 is 1.29 bits per heavy atom. The molecule has 0 aromatic heterocycles. The predicted molar refractivity (Wildman–Crippen MR) is 62.0 cm³/mol. The van der Waals surface area contributed by atoms with E-state index in [0.29, 0.717) is 6.61 Å².